The van der Waals surface area contributed by atoms with Gasteiger partial charge in [-0.25, -0.2) is 12.8 Å². The molecule has 3 aromatic carbocycles. The Morgan fingerprint density at radius 1 is 0.974 bits per heavy atom. The van der Waals surface area contributed by atoms with E-state index in [1.807, 2.05) is 0 Å². The van der Waals surface area contributed by atoms with Crippen molar-refractivity contribution in [1.82, 2.24) is 4.31 Å². The number of anilines is 1. The van der Waals surface area contributed by atoms with Crippen LogP contribution in [0.5, 0.6) is 17.2 Å². The maximum atomic E-state index is 13.3. The molecular formula is C27H27FN2O7S. The molecule has 0 unspecified atom stereocenters. The summed E-state index contributed by atoms with van der Waals surface area (Å²) in [5.74, 6) is -0.170. The van der Waals surface area contributed by atoms with Crippen LogP contribution >= 0.6 is 0 Å². The van der Waals surface area contributed by atoms with Crippen molar-refractivity contribution in [3.63, 3.8) is 0 Å². The monoisotopic (exact) mass is 542 g/mol. The number of sulfonamides is 1. The number of benzene rings is 3. The van der Waals surface area contributed by atoms with Crippen molar-refractivity contribution < 1.29 is 36.6 Å². The average molecular weight is 543 g/mol. The fraction of sp³-hybridized carbons (Fsp3) is 0.259. The Kier molecular flexibility index (Phi) is 8.72. The standard InChI is InChI=1S/C27H27FN2O7S/c1-2-25(31)19-3-7-21(8-4-19)36-18-27(32)29-24-17-23(38(33,34)30-13-15-35-16-14-30)11-12-26(24)37-22-9-5-20(28)6-10-22/h3-12,17H,2,13-16,18H2,1H3,(H,29,32). The van der Waals surface area contributed by atoms with Crippen LogP contribution in [0.2, 0.25) is 0 Å². The zero-order valence-electron chi connectivity index (χ0n) is 20.7. The molecule has 0 spiro atoms. The van der Waals surface area contributed by atoms with Crippen molar-refractivity contribution in [2.45, 2.75) is 18.2 Å². The second-order valence-corrected chi connectivity index (χ2v) is 10.3. The van der Waals surface area contributed by atoms with Crippen molar-refractivity contribution in [3.8, 4) is 17.2 Å². The topological polar surface area (TPSA) is 111 Å². The number of ether oxygens (including phenoxy) is 3. The summed E-state index contributed by atoms with van der Waals surface area (Å²) in [7, 11) is -3.85. The van der Waals surface area contributed by atoms with Crippen LogP contribution in [-0.4, -0.2) is 57.3 Å². The molecular weight excluding hydrogens is 515 g/mol. The van der Waals surface area contributed by atoms with Crippen molar-refractivity contribution >= 4 is 27.4 Å². The van der Waals surface area contributed by atoms with Crippen LogP contribution in [0.15, 0.2) is 71.6 Å². The fourth-order valence-electron chi connectivity index (χ4n) is 3.70. The number of halogens is 1. The van der Waals surface area contributed by atoms with E-state index >= 15 is 0 Å². The number of ketones is 1. The van der Waals surface area contributed by atoms with E-state index in [-0.39, 0.29) is 41.8 Å². The maximum Gasteiger partial charge on any atom is 0.262 e. The average Bonchev–Trinajstić information content (AvgIpc) is 2.94. The van der Waals surface area contributed by atoms with E-state index in [0.29, 0.717) is 36.7 Å². The van der Waals surface area contributed by atoms with E-state index in [4.69, 9.17) is 14.2 Å². The fourth-order valence-corrected chi connectivity index (χ4v) is 5.13. The molecule has 11 heteroatoms. The number of carbonyl (C=O) groups excluding carboxylic acids is 2. The van der Waals surface area contributed by atoms with Crippen LogP contribution in [0.3, 0.4) is 0 Å². The van der Waals surface area contributed by atoms with Gasteiger partial charge in [0.1, 0.15) is 17.3 Å². The summed E-state index contributed by atoms with van der Waals surface area (Å²) >= 11 is 0. The molecule has 1 amide bonds. The lowest BCUT2D eigenvalue weighted by Gasteiger charge is -2.26. The van der Waals surface area contributed by atoms with E-state index in [1.165, 1.54) is 46.8 Å². The first-order valence-corrected chi connectivity index (χ1v) is 13.4. The molecule has 1 N–H and O–H groups in total. The molecule has 0 aliphatic carbocycles. The second-order valence-electron chi connectivity index (χ2n) is 8.37. The number of hydrogen-bond donors (Lipinski definition) is 1. The van der Waals surface area contributed by atoms with E-state index in [0.717, 1.165) is 0 Å². The molecule has 1 aliphatic heterocycles. The minimum absolute atomic E-state index is 0.00473. The third kappa shape index (κ3) is 6.74. The summed E-state index contributed by atoms with van der Waals surface area (Å²) in [6.07, 6.45) is 0.380. The Hall–Kier alpha value is -3.80. The highest BCUT2D eigenvalue weighted by molar-refractivity contribution is 7.89. The third-order valence-electron chi connectivity index (χ3n) is 5.74. The predicted octanol–water partition coefficient (Wildman–Crippen LogP) is 4.25. The molecule has 9 nitrogen and oxygen atoms in total. The summed E-state index contributed by atoms with van der Waals surface area (Å²) in [5, 5.41) is 2.64. The van der Waals surface area contributed by atoms with Gasteiger partial charge in [0, 0.05) is 25.1 Å². The van der Waals surface area contributed by atoms with Gasteiger partial charge in [0.25, 0.3) is 5.91 Å². The number of morpholine rings is 1. The lowest BCUT2D eigenvalue weighted by Crippen LogP contribution is -2.40. The van der Waals surface area contributed by atoms with Gasteiger partial charge in [-0.2, -0.15) is 4.31 Å². The van der Waals surface area contributed by atoms with E-state index < -0.39 is 21.7 Å². The Morgan fingerprint density at radius 2 is 1.63 bits per heavy atom. The van der Waals surface area contributed by atoms with Crippen molar-refractivity contribution in [1.29, 1.82) is 0 Å². The zero-order chi connectivity index (χ0) is 27.1. The Balaban J connectivity index is 1.53. The molecule has 3 aromatic rings. The molecule has 1 aliphatic rings. The van der Waals surface area contributed by atoms with E-state index in [1.54, 1.807) is 31.2 Å². The van der Waals surface area contributed by atoms with E-state index in [9.17, 15) is 22.4 Å². The minimum Gasteiger partial charge on any atom is -0.484 e. The van der Waals surface area contributed by atoms with Gasteiger partial charge < -0.3 is 19.5 Å². The number of nitrogens with one attached hydrogen (secondary N) is 1. The molecule has 200 valence electrons. The quantitative estimate of drug-likeness (QED) is 0.381. The smallest absolute Gasteiger partial charge is 0.262 e. The van der Waals surface area contributed by atoms with E-state index in [2.05, 4.69) is 5.32 Å². The van der Waals surface area contributed by atoms with Gasteiger partial charge in [0.05, 0.1) is 23.8 Å². The first-order chi connectivity index (χ1) is 18.3. The molecule has 4 rings (SSSR count). The highest BCUT2D eigenvalue weighted by Gasteiger charge is 2.27. The Bertz CT molecular complexity index is 1390. The molecule has 0 aromatic heterocycles. The normalized spacial score (nSPS) is 14.1. The largest absolute Gasteiger partial charge is 0.484 e. The van der Waals surface area contributed by atoms with Crippen LogP contribution in [0.25, 0.3) is 0 Å². The summed E-state index contributed by atoms with van der Waals surface area (Å²) in [6.45, 7) is 2.41. The summed E-state index contributed by atoms with van der Waals surface area (Å²) < 4.78 is 57.5. The van der Waals surface area contributed by atoms with Gasteiger partial charge in [0.15, 0.2) is 18.1 Å². The lowest BCUT2D eigenvalue weighted by atomic mass is 10.1. The first kappa shape index (κ1) is 27.2. The van der Waals surface area contributed by atoms with Gasteiger partial charge in [0.2, 0.25) is 10.0 Å². The molecule has 38 heavy (non-hydrogen) atoms. The molecule has 1 saturated heterocycles. The van der Waals surface area contributed by atoms with Gasteiger partial charge >= 0.3 is 0 Å². The molecule has 0 radical (unpaired) electrons. The molecule has 1 fully saturated rings. The lowest BCUT2D eigenvalue weighted by molar-refractivity contribution is -0.118. The number of Topliss-reactive ketones (excluding diaryl/α,β-unsaturated/α-hetero) is 1. The Labute approximate surface area is 220 Å². The van der Waals surface area contributed by atoms with Crippen LogP contribution in [0.4, 0.5) is 10.1 Å². The van der Waals surface area contributed by atoms with Crippen molar-refractivity contribution in [2.24, 2.45) is 0 Å². The Morgan fingerprint density at radius 3 is 2.29 bits per heavy atom. The van der Waals surface area contributed by atoms with Crippen LogP contribution in [-0.2, 0) is 19.6 Å². The minimum atomic E-state index is -3.85. The summed E-state index contributed by atoms with van der Waals surface area (Å²) in [5.41, 5.74) is 0.645. The van der Waals surface area contributed by atoms with Crippen LogP contribution in [0.1, 0.15) is 23.7 Å². The predicted molar refractivity (Wildman–Crippen MR) is 138 cm³/mol. The number of amides is 1. The maximum absolute atomic E-state index is 13.3. The van der Waals surface area contributed by atoms with Gasteiger partial charge in [-0.1, -0.05) is 6.92 Å². The van der Waals surface area contributed by atoms with Gasteiger partial charge in [-0.05, 0) is 66.7 Å². The van der Waals surface area contributed by atoms with Gasteiger partial charge in [-0.3, -0.25) is 9.59 Å². The highest BCUT2D eigenvalue weighted by atomic mass is 32.2. The summed E-state index contributed by atoms with van der Waals surface area (Å²) in [6, 6.07) is 15.8. The van der Waals surface area contributed by atoms with Crippen molar-refractivity contribution in [3.05, 3.63) is 78.1 Å². The first-order valence-electron chi connectivity index (χ1n) is 12.0. The third-order valence-corrected chi connectivity index (χ3v) is 7.64. The number of carbonyl (C=O) groups is 2. The highest BCUT2D eigenvalue weighted by Crippen LogP contribution is 2.33. The summed E-state index contributed by atoms with van der Waals surface area (Å²) in [4.78, 5) is 24.5. The van der Waals surface area contributed by atoms with Crippen LogP contribution in [0, 0.1) is 5.82 Å². The molecule has 1 heterocycles. The van der Waals surface area contributed by atoms with Crippen LogP contribution < -0.4 is 14.8 Å². The molecule has 0 atom stereocenters. The van der Waals surface area contributed by atoms with Gasteiger partial charge in [-0.15, -0.1) is 0 Å². The number of nitrogens with zero attached hydrogens (tertiary/aromatic N) is 1. The zero-order valence-corrected chi connectivity index (χ0v) is 21.5. The molecule has 0 saturated carbocycles. The van der Waals surface area contributed by atoms with Crippen molar-refractivity contribution in [2.75, 3.05) is 38.2 Å². The number of hydrogen-bond acceptors (Lipinski definition) is 7. The molecule has 0 bridgehead atoms. The second kappa shape index (κ2) is 12.2. The SMILES string of the molecule is CCC(=O)c1ccc(OCC(=O)Nc2cc(S(=O)(=O)N3CCOCC3)ccc2Oc2ccc(F)cc2)cc1. The number of rotatable bonds is 10.